The van der Waals surface area contributed by atoms with Gasteiger partial charge >= 0.3 is 5.97 Å². The van der Waals surface area contributed by atoms with Gasteiger partial charge in [0.25, 0.3) is 5.91 Å². The number of hydrogen-bond acceptors (Lipinski definition) is 4. The van der Waals surface area contributed by atoms with E-state index in [9.17, 15) is 9.59 Å². The maximum absolute atomic E-state index is 12.1. The number of nitrogens with zero attached hydrogens (tertiary/aromatic N) is 3. The molecule has 0 radical (unpaired) electrons. The molecule has 6 nitrogen and oxygen atoms in total. The highest BCUT2D eigenvalue weighted by atomic mass is 16.4. The molecule has 1 unspecified atom stereocenters. The van der Waals surface area contributed by atoms with Crippen LogP contribution in [-0.4, -0.2) is 44.9 Å². The molecule has 0 saturated carbocycles. The maximum Gasteiger partial charge on any atom is 0.308 e. The number of amides is 1. The standard InChI is InChI=1S/C12H15N3O3/c1-8-5-14-10(6-13-8)11(16)15-4-2-3-9(7-15)12(17)18/h5-6,9H,2-4,7H2,1H3,(H,17,18). The minimum Gasteiger partial charge on any atom is -0.481 e. The van der Waals surface area contributed by atoms with E-state index in [1.165, 1.54) is 12.4 Å². The van der Waals surface area contributed by atoms with Gasteiger partial charge in [0.1, 0.15) is 5.69 Å². The molecule has 1 aromatic heterocycles. The van der Waals surface area contributed by atoms with Crippen molar-refractivity contribution in [3.63, 3.8) is 0 Å². The summed E-state index contributed by atoms with van der Waals surface area (Å²) in [5, 5.41) is 8.98. The number of likely N-dealkylation sites (tertiary alicyclic amines) is 1. The summed E-state index contributed by atoms with van der Waals surface area (Å²) >= 11 is 0. The Morgan fingerprint density at radius 1 is 1.39 bits per heavy atom. The molecule has 1 aliphatic heterocycles. The average Bonchev–Trinajstić information content (AvgIpc) is 2.39. The van der Waals surface area contributed by atoms with Gasteiger partial charge in [-0.05, 0) is 19.8 Å². The lowest BCUT2D eigenvalue weighted by Crippen LogP contribution is -2.42. The molecule has 1 atom stereocenters. The van der Waals surface area contributed by atoms with Crippen molar-refractivity contribution in [2.45, 2.75) is 19.8 Å². The molecule has 0 bridgehead atoms. The van der Waals surface area contributed by atoms with Crippen LogP contribution in [0.2, 0.25) is 0 Å². The van der Waals surface area contributed by atoms with Gasteiger partial charge in [-0.2, -0.15) is 0 Å². The van der Waals surface area contributed by atoms with Crippen LogP contribution in [-0.2, 0) is 4.79 Å². The van der Waals surface area contributed by atoms with Gasteiger partial charge in [0.05, 0.1) is 17.8 Å². The van der Waals surface area contributed by atoms with Crippen molar-refractivity contribution in [3.05, 3.63) is 23.8 Å². The molecule has 1 aromatic rings. The van der Waals surface area contributed by atoms with Crippen LogP contribution in [0.15, 0.2) is 12.4 Å². The first-order valence-electron chi connectivity index (χ1n) is 5.88. The summed E-state index contributed by atoms with van der Waals surface area (Å²) < 4.78 is 0. The van der Waals surface area contributed by atoms with E-state index in [2.05, 4.69) is 9.97 Å². The smallest absolute Gasteiger partial charge is 0.308 e. The lowest BCUT2D eigenvalue weighted by atomic mass is 9.98. The third-order valence-electron chi connectivity index (χ3n) is 3.06. The van der Waals surface area contributed by atoms with E-state index in [4.69, 9.17) is 5.11 Å². The molecule has 1 amide bonds. The number of carbonyl (C=O) groups excluding carboxylic acids is 1. The van der Waals surface area contributed by atoms with E-state index in [1.54, 1.807) is 11.8 Å². The quantitative estimate of drug-likeness (QED) is 0.835. The van der Waals surface area contributed by atoms with Gasteiger partial charge in [0, 0.05) is 19.3 Å². The first kappa shape index (κ1) is 12.5. The highest BCUT2D eigenvalue weighted by Crippen LogP contribution is 2.18. The molecular formula is C12H15N3O3. The van der Waals surface area contributed by atoms with E-state index in [0.29, 0.717) is 19.4 Å². The van der Waals surface area contributed by atoms with Gasteiger partial charge in [0.15, 0.2) is 0 Å². The van der Waals surface area contributed by atoms with Gasteiger partial charge in [-0.1, -0.05) is 0 Å². The number of piperidine rings is 1. The predicted molar refractivity (Wildman–Crippen MR) is 63.0 cm³/mol. The number of aryl methyl sites for hydroxylation is 1. The zero-order chi connectivity index (χ0) is 13.1. The Hall–Kier alpha value is -1.98. The van der Waals surface area contributed by atoms with Crippen LogP contribution < -0.4 is 0 Å². The Morgan fingerprint density at radius 2 is 2.17 bits per heavy atom. The molecule has 18 heavy (non-hydrogen) atoms. The minimum absolute atomic E-state index is 0.242. The van der Waals surface area contributed by atoms with E-state index in [-0.39, 0.29) is 18.1 Å². The van der Waals surface area contributed by atoms with Gasteiger partial charge in [-0.25, -0.2) is 4.98 Å². The third kappa shape index (κ3) is 2.64. The van der Waals surface area contributed by atoms with Crippen molar-refractivity contribution in [1.29, 1.82) is 0 Å². The second-order valence-electron chi connectivity index (χ2n) is 4.47. The van der Waals surface area contributed by atoms with Crippen LogP contribution in [0.3, 0.4) is 0 Å². The van der Waals surface area contributed by atoms with Crippen molar-refractivity contribution in [2.24, 2.45) is 5.92 Å². The molecular weight excluding hydrogens is 234 g/mol. The summed E-state index contributed by atoms with van der Waals surface area (Å²) in [6, 6.07) is 0. The number of aliphatic carboxylic acids is 1. The van der Waals surface area contributed by atoms with Crippen LogP contribution >= 0.6 is 0 Å². The zero-order valence-corrected chi connectivity index (χ0v) is 10.2. The summed E-state index contributed by atoms with van der Waals surface area (Å²) in [6.45, 7) is 2.63. The van der Waals surface area contributed by atoms with Gasteiger partial charge < -0.3 is 10.0 Å². The Balaban J connectivity index is 2.09. The van der Waals surface area contributed by atoms with Crippen LogP contribution in [0, 0.1) is 12.8 Å². The van der Waals surface area contributed by atoms with Crippen LogP contribution in [0.4, 0.5) is 0 Å². The van der Waals surface area contributed by atoms with Crippen molar-refractivity contribution in [3.8, 4) is 0 Å². The Morgan fingerprint density at radius 3 is 2.78 bits per heavy atom. The fourth-order valence-corrected chi connectivity index (χ4v) is 2.03. The first-order chi connectivity index (χ1) is 8.58. The van der Waals surface area contributed by atoms with E-state index >= 15 is 0 Å². The summed E-state index contributed by atoms with van der Waals surface area (Å²) in [4.78, 5) is 32.6. The molecule has 6 heteroatoms. The minimum atomic E-state index is -0.845. The molecule has 1 fully saturated rings. The molecule has 1 N–H and O–H groups in total. The highest BCUT2D eigenvalue weighted by Gasteiger charge is 2.29. The summed E-state index contributed by atoms with van der Waals surface area (Å²) in [7, 11) is 0. The molecule has 0 aromatic carbocycles. The van der Waals surface area contributed by atoms with Gasteiger partial charge in [-0.15, -0.1) is 0 Å². The topological polar surface area (TPSA) is 83.4 Å². The van der Waals surface area contributed by atoms with Crippen LogP contribution in [0.5, 0.6) is 0 Å². The molecule has 0 spiro atoms. The largest absolute Gasteiger partial charge is 0.481 e. The summed E-state index contributed by atoms with van der Waals surface area (Å²) in [5.41, 5.74) is 1.01. The van der Waals surface area contributed by atoms with Gasteiger partial charge in [-0.3, -0.25) is 14.6 Å². The molecule has 2 heterocycles. The van der Waals surface area contributed by atoms with Gasteiger partial charge in [0.2, 0.25) is 0 Å². The number of carbonyl (C=O) groups is 2. The molecule has 96 valence electrons. The van der Waals surface area contributed by atoms with Crippen molar-refractivity contribution >= 4 is 11.9 Å². The van der Waals surface area contributed by atoms with E-state index < -0.39 is 11.9 Å². The number of aromatic nitrogens is 2. The van der Waals surface area contributed by atoms with Crippen molar-refractivity contribution < 1.29 is 14.7 Å². The summed E-state index contributed by atoms with van der Waals surface area (Å²) in [5.74, 6) is -1.56. The summed E-state index contributed by atoms with van der Waals surface area (Å²) in [6.07, 6.45) is 4.30. The predicted octanol–water partition coefficient (Wildman–Crippen LogP) is 0.722. The highest BCUT2D eigenvalue weighted by molar-refractivity contribution is 5.92. The molecule has 1 aliphatic rings. The maximum atomic E-state index is 12.1. The molecule has 1 saturated heterocycles. The monoisotopic (exact) mass is 249 g/mol. The zero-order valence-electron chi connectivity index (χ0n) is 10.2. The SMILES string of the molecule is Cc1cnc(C(=O)N2CCCC(C(=O)O)C2)cn1. The number of hydrogen-bond donors (Lipinski definition) is 1. The van der Waals surface area contributed by atoms with Crippen molar-refractivity contribution in [1.82, 2.24) is 14.9 Å². The average molecular weight is 249 g/mol. The molecule has 2 rings (SSSR count). The van der Waals surface area contributed by atoms with Crippen LogP contribution in [0.1, 0.15) is 29.0 Å². The second-order valence-corrected chi connectivity index (χ2v) is 4.47. The normalized spacial score (nSPS) is 19.6. The second kappa shape index (κ2) is 5.12. The fraction of sp³-hybridized carbons (Fsp3) is 0.500. The third-order valence-corrected chi connectivity index (χ3v) is 3.06. The van der Waals surface area contributed by atoms with Crippen LogP contribution in [0.25, 0.3) is 0 Å². The lowest BCUT2D eigenvalue weighted by Gasteiger charge is -2.30. The Kier molecular flexibility index (Phi) is 3.55. The Bertz CT molecular complexity index is 458. The molecule has 0 aliphatic carbocycles. The number of carboxylic acid groups (broad SMARTS) is 1. The number of carboxylic acids is 1. The van der Waals surface area contributed by atoms with E-state index in [1.807, 2.05) is 0 Å². The first-order valence-corrected chi connectivity index (χ1v) is 5.88. The Labute approximate surface area is 105 Å². The van der Waals surface area contributed by atoms with E-state index in [0.717, 1.165) is 5.69 Å². The fourth-order valence-electron chi connectivity index (χ4n) is 2.03. The lowest BCUT2D eigenvalue weighted by molar-refractivity contribution is -0.143. The van der Waals surface area contributed by atoms with Crippen molar-refractivity contribution in [2.75, 3.05) is 13.1 Å². The number of rotatable bonds is 2.